The lowest BCUT2D eigenvalue weighted by atomic mass is 10.1. The Morgan fingerprint density at radius 1 is 1.37 bits per heavy atom. The number of esters is 2. The molecule has 0 aromatic carbocycles. The molecule has 0 aliphatic heterocycles. The average Bonchev–Trinajstić information content (AvgIpc) is 2.77. The molecular weight excluding hydrogens is 270 g/mol. The maximum atomic E-state index is 12.1. The fourth-order valence-corrected chi connectivity index (χ4v) is 1.53. The molecule has 1 aromatic rings. The number of hydrogen-bond acceptors (Lipinski definition) is 4. The van der Waals surface area contributed by atoms with Crippen LogP contribution in [-0.2, 0) is 19.1 Å². The van der Waals surface area contributed by atoms with Crippen LogP contribution < -0.4 is 0 Å². The zero-order chi connectivity index (χ0) is 14.5. The highest BCUT2D eigenvalue weighted by atomic mass is 35.5. The van der Waals surface area contributed by atoms with Crippen LogP contribution in [-0.4, -0.2) is 35.0 Å². The third kappa shape index (κ3) is 4.95. The van der Waals surface area contributed by atoms with E-state index in [0.29, 0.717) is 5.69 Å². The summed E-state index contributed by atoms with van der Waals surface area (Å²) in [6, 6.07) is 3.33. The molecule has 1 unspecified atom stereocenters. The van der Waals surface area contributed by atoms with Crippen LogP contribution in [0.3, 0.4) is 0 Å². The summed E-state index contributed by atoms with van der Waals surface area (Å²) in [5, 5.41) is 0. The quantitative estimate of drug-likeness (QED) is 0.512. The zero-order valence-corrected chi connectivity index (χ0v) is 12.0. The van der Waals surface area contributed by atoms with E-state index in [1.807, 2.05) is 0 Å². The second-order valence-corrected chi connectivity index (χ2v) is 5.33. The van der Waals surface area contributed by atoms with E-state index in [9.17, 15) is 9.59 Å². The molecule has 1 atom stereocenters. The summed E-state index contributed by atoms with van der Waals surface area (Å²) < 4.78 is 10.2. The second kappa shape index (κ2) is 6.61. The van der Waals surface area contributed by atoms with Gasteiger partial charge in [0.25, 0.3) is 0 Å². The summed E-state index contributed by atoms with van der Waals surface area (Å²) in [4.78, 5) is 26.8. The maximum Gasteiger partial charge on any atom is 0.326 e. The fourth-order valence-electron chi connectivity index (χ4n) is 1.46. The summed E-state index contributed by atoms with van der Waals surface area (Å²) in [6.45, 7) is 5.27. The van der Waals surface area contributed by atoms with Crippen LogP contribution >= 0.6 is 11.6 Å². The van der Waals surface area contributed by atoms with E-state index >= 15 is 0 Å². The van der Waals surface area contributed by atoms with Gasteiger partial charge in [0.1, 0.15) is 12.2 Å². The van der Waals surface area contributed by atoms with Crippen molar-refractivity contribution in [2.75, 3.05) is 12.5 Å². The predicted octanol–water partition coefficient (Wildman–Crippen LogP) is 2.22. The SMILES string of the molecule is CC(C)(C)OC(=O)C(C(=O)OCCCl)c1ccc[nH]1. The maximum absolute atomic E-state index is 12.1. The van der Waals surface area contributed by atoms with E-state index < -0.39 is 23.5 Å². The molecular formula is C13H18ClNO4. The largest absolute Gasteiger partial charge is 0.463 e. The molecule has 0 fully saturated rings. The summed E-state index contributed by atoms with van der Waals surface area (Å²) >= 11 is 5.46. The van der Waals surface area contributed by atoms with Crippen molar-refractivity contribution in [3.63, 3.8) is 0 Å². The molecule has 0 saturated carbocycles. The first-order valence-electron chi connectivity index (χ1n) is 5.94. The molecule has 106 valence electrons. The van der Waals surface area contributed by atoms with Gasteiger partial charge in [-0.3, -0.25) is 9.59 Å². The standard InChI is InChI=1S/C13H18ClNO4/c1-13(2,3)19-12(17)10(9-5-4-7-15-9)11(16)18-8-6-14/h4-5,7,10,15H,6,8H2,1-3H3. The third-order valence-electron chi connectivity index (χ3n) is 2.13. The molecule has 1 N–H and O–H groups in total. The Hall–Kier alpha value is -1.49. The monoisotopic (exact) mass is 287 g/mol. The number of carbonyl (C=O) groups is 2. The van der Waals surface area contributed by atoms with E-state index in [1.54, 1.807) is 39.1 Å². The van der Waals surface area contributed by atoms with Gasteiger partial charge in [0.15, 0.2) is 5.92 Å². The minimum atomic E-state index is -1.11. The Balaban J connectivity index is 2.87. The molecule has 6 heteroatoms. The summed E-state index contributed by atoms with van der Waals surface area (Å²) in [7, 11) is 0. The first kappa shape index (κ1) is 15.6. The average molecular weight is 288 g/mol. The Bertz CT molecular complexity index is 422. The van der Waals surface area contributed by atoms with Gasteiger partial charge in [-0.05, 0) is 32.9 Å². The van der Waals surface area contributed by atoms with E-state index in [-0.39, 0.29) is 12.5 Å². The number of aromatic nitrogens is 1. The van der Waals surface area contributed by atoms with Crippen LogP contribution in [0.2, 0.25) is 0 Å². The van der Waals surface area contributed by atoms with Crippen molar-refractivity contribution in [2.24, 2.45) is 0 Å². The lowest BCUT2D eigenvalue weighted by Crippen LogP contribution is -2.32. The smallest absolute Gasteiger partial charge is 0.326 e. The number of carbonyl (C=O) groups excluding carboxylic acids is 2. The van der Waals surface area contributed by atoms with Crippen LogP contribution in [0.5, 0.6) is 0 Å². The van der Waals surface area contributed by atoms with Crippen LogP contribution in [0.4, 0.5) is 0 Å². The molecule has 19 heavy (non-hydrogen) atoms. The van der Waals surface area contributed by atoms with Gasteiger partial charge in [0, 0.05) is 11.9 Å². The summed E-state index contributed by atoms with van der Waals surface area (Å²) in [5.74, 6) is -2.25. The van der Waals surface area contributed by atoms with Gasteiger partial charge in [0.2, 0.25) is 0 Å². The van der Waals surface area contributed by atoms with Crippen LogP contribution in [0.15, 0.2) is 18.3 Å². The number of hydrogen-bond donors (Lipinski definition) is 1. The van der Waals surface area contributed by atoms with Crippen molar-refractivity contribution in [2.45, 2.75) is 32.3 Å². The molecule has 0 aliphatic rings. The van der Waals surface area contributed by atoms with Gasteiger partial charge in [-0.25, -0.2) is 0 Å². The van der Waals surface area contributed by atoms with Crippen molar-refractivity contribution in [3.05, 3.63) is 24.0 Å². The van der Waals surface area contributed by atoms with Gasteiger partial charge in [-0.2, -0.15) is 0 Å². The summed E-state index contributed by atoms with van der Waals surface area (Å²) in [5.41, 5.74) is -0.233. The van der Waals surface area contributed by atoms with E-state index in [2.05, 4.69) is 4.98 Å². The summed E-state index contributed by atoms with van der Waals surface area (Å²) in [6.07, 6.45) is 1.63. The molecule has 0 bridgehead atoms. The first-order chi connectivity index (χ1) is 8.85. The Kier molecular flexibility index (Phi) is 5.42. The molecule has 1 rings (SSSR count). The second-order valence-electron chi connectivity index (χ2n) is 4.95. The number of nitrogens with one attached hydrogen (secondary N) is 1. The lowest BCUT2D eigenvalue weighted by Gasteiger charge is -2.22. The van der Waals surface area contributed by atoms with Crippen molar-refractivity contribution in [1.29, 1.82) is 0 Å². The van der Waals surface area contributed by atoms with Crippen LogP contribution in [0.1, 0.15) is 32.4 Å². The van der Waals surface area contributed by atoms with Crippen LogP contribution in [0, 0.1) is 0 Å². The lowest BCUT2D eigenvalue weighted by molar-refractivity contribution is -0.164. The minimum absolute atomic E-state index is 0.0559. The zero-order valence-electron chi connectivity index (χ0n) is 11.2. The van der Waals surface area contributed by atoms with Gasteiger partial charge < -0.3 is 14.5 Å². The number of H-pyrrole nitrogens is 1. The topological polar surface area (TPSA) is 68.4 Å². The van der Waals surface area contributed by atoms with Crippen molar-refractivity contribution in [3.8, 4) is 0 Å². The Labute approximate surface area is 117 Å². The molecule has 1 heterocycles. The van der Waals surface area contributed by atoms with Gasteiger partial charge in [0.05, 0.1) is 5.88 Å². The highest BCUT2D eigenvalue weighted by Crippen LogP contribution is 2.21. The number of halogens is 1. The van der Waals surface area contributed by atoms with Crippen molar-refractivity contribution >= 4 is 23.5 Å². The number of rotatable bonds is 5. The van der Waals surface area contributed by atoms with E-state index in [1.165, 1.54) is 0 Å². The Morgan fingerprint density at radius 3 is 2.53 bits per heavy atom. The van der Waals surface area contributed by atoms with Gasteiger partial charge in [-0.1, -0.05) is 0 Å². The molecule has 1 aromatic heterocycles. The molecule has 0 radical (unpaired) electrons. The first-order valence-corrected chi connectivity index (χ1v) is 6.47. The normalized spacial score (nSPS) is 12.8. The van der Waals surface area contributed by atoms with E-state index in [0.717, 1.165) is 0 Å². The number of ether oxygens (including phenoxy) is 2. The highest BCUT2D eigenvalue weighted by molar-refractivity contribution is 6.18. The molecule has 5 nitrogen and oxygen atoms in total. The van der Waals surface area contributed by atoms with Crippen LogP contribution in [0.25, 0.3) is 0 Å². The van der Waals surface area contributed by atoms with Gasteiger partial charge >= 0.3 is 11.9 Å². The van der Waals surface area contributed by atoms with Crippen molar-refractivity contribution < 1.29 is 19.1 Å². The fraction of sp³-hybridized carbons (Fsp3) is 0.538. The molecule has 0 amide bonds. The minimum Gasteiger partial charge on any atom is -0.463 e. The predicted molar refractivity (Wildman–Crippen MR) is 71.1 cm³/mol. The van der Waals surface area contributed by atoms with Gasteiger partial charge in [-0.15, -0.1) is 11.6 Å². The Morgan fingerprint density at radius 2 is 2.05 bits per heavy atom. The highest BCUT2D eigenvalue weighted by Gasteiger charge is 2.34. The number of alkyl halides is 1. The van der Waals surface area contributed by atoms with E-state index in [4.69, 9.17) is 21.1 Å². The molecule has 0 spiro atoms. The number of aromatic amines is 1. The van der Waals surface area contributed by atoms with Crippen molar-refractivity contribution in [1.82, 2.24) is 4.98 Å². The molecule has 0 saturated heterocycles. The third-order valence-corrected chi connectivity index (χ3v) is 2.29. The molecule has 0 aliphatic carbocycles.